The van der Waals surface area contributed by atoms with Crippen molar-refractivity contribution < 1.29 is 13.2 Å². The van der Waals surface area contributed by atoms with Crippen LogP contribution >= 0.6 is 0 Å². The standard InChI is InChI=1S/C11H8F3N3/c1-15-11-16-3-2-9(17-11)6-4-7(12)10(14)8(13)5-6/h2-5H,1H3,(H,15,16,17). The van der Waals surface area contributed by atoms with E-state index < -0.39 is 17.5 Å². The van der Waals surface area contributed by atoms with Gasteiger partial charge in [0.1, 0.15) is 0 Å². The molecule has 0 amide bonds. The fourth-order valence-electron chi connectivity index (χ4n) is 1.34. The normalized spacial score (nSPS) is 10.4. The molecule has 2 aromatic rings. The zero-order valence-corrected chi connectivity index (χ0v) is 8.84. The quantitative estimate of drug-likeness (QED) is 0.818. The summed E-state index contributed by atoms with van der Waals surface area (Å²) in [5.74, 6) is -3.67. The Morgan fingerprint density at radius 1 is 1.12 bits per heavy atom. The van der Waals surface area contributed by atoms with Crippen LogP contribution in [0, 0.1) is 17.5 Å². The summed E-state index contributed by atoms with van der Waals surface area (Å²) >= 11 is 0. The predicted octanol–water partition coefficient (Wildman–Crippen LogP) is 2.60. The highest BCUT2D eigenvalue weighted by Gasteiger charge is 2.12. The Bertz CT molecular complexity index is 534. The molecule has 1 aromatic heterocycles. The molecule has 2 rings (SSSR count). The second-order valence-corrected chi connectivity index (χ2v) is 3.27. The van der Waals surface area contributed by atoms with Gasteiger partial charge in [0.2, 0.25) is 5.95 Å². The minimum Gasteiger partial charge on any atom is -0.357 e. The number of aromatic nitrogens is 2. The summed E-state index contributed by atoms with van der Waals surface area (Å²) in [5.41, 5.74) is 0.461. The highest BCUT2D eigenvalue weighted by molar-refractivity contribution is 5.60. The Kier molecular flexibility index (Phi) is 2.95. The average molecular weight is 239 g/mol. The summed E-state index contributed by atoms with van der Waals surface area (Å²) in [5, 5.41) is 2.69. The van der Waals surface area contributed by atoms with Crippen LogP contribution in [0.3, 0.4) is 0 Å². The number of rotatable bonds is 2. The van der Waals surface area contributed by atoms with Crippen molar-refractivity contribution in [3.8, 4) is 11.3 Å². The van der Waals surface area contributed by atoms with Crippen molar-refractivity contribution in [3.63, 3.8) is 0 Å². The zero-order chi connectivity index (χ0) is 12.4. The van der Waals surface area contributed by atoms with Crippen molar-refractivity contribution in [2.45, 2.75) is 0 Å². The van der Waals surface area contributed by atoms with Gasteiger partial charge < -0.3 is 5.32 Å². The number of hydrogen-bond acceptors (Lipinski definition) is 3. The van der Waals surface area contributed by atoms with E-state index >= 15 is 0 Å². The number of hydrogen-bond donors (Lipinski definition) is 1. The number of halogens is 3. The van der Waals surface area contributed by atoms with Crippen LogP contribution in [0.2, 0.25) is 0 Å². The lowest BCUT2D eigenvalue weighted by molar-refractivity contribution is 0.447. The molecule has 3 nitrogen and oxygen atoms in total. The van der Waals surface area contributed by atoms with E-state index in [2.05, 4.69) is 15.3 Å². The molecule has 1 N–H and O–H groups in total. The zero-order valence-electron chi connectivity index (χ0n) is 8.84. The molecule has 0 fully saturated rings. The molecule has 0 aliphatic heterocycles. The lowest BCUT2D eigenvalue weighted by Gasteiger charge is -2.04. The topological polar surface area (TPSA) is 37.8 Å². The molecule has 0 saturated heterocycles. The molecule has 88 valence electrons. The molecular weight excluding hydrogens is 231 g/mol. The molecule has 0 aliphatic rings. The number of nitrogens with one attached hydrogen (secondary N) is 1. The molecule has 6 heteroatoms. The summed E-state index contributed by atoms with van der Waals surface area (Å²) < 4.78 is 38.8. The first-order chi connectivity index (χ1) is 8.11. The predicted molar refractivity (Wildman–Crippen MR) is 56.9 cm³/mol. The Morgan fingerprint density at radius 2 is 1.76 bits per heavy atom. The fourth-order valence-corrected chi connectivity index (χ4v) is 1.34. The number of nitrogens with zero attached hydrogens (tertiary/aromatic N) is 2. The molecule has 0 spiro atoms. The third-order valence-electron chi connectivity index (χ3n) is 2.16. The van der Waals surface area contributed by atoms with Gasteiger partial charge in [0.15, 0.2) is 17.5 Å². The third-order valence-corrected chi connectivity index (χ3v) is 2.16. The van der Waals surface area contributed by atoms with Gasteiger partial charge in [-0.1, -0.05) is 0 Å². The van der Waals surface area contributed by atoms with Gasteiger partial charge in [-0.15, -0.1) is 0 Å². The maximum atomic E-state index is 13.0. The van der Waals surface area contributed by atoms with Crippen LogP contribution in [-0.2, 0) is 0 Å². The van der Waals surface area contributed by atoms with Crippen LogP contribution in [0.1, 0.15) is 0 Å². The number of benzene rings is 1. The van der Waals surface area contributed by atoms with Gasteiger partial charge in [0, 0.05) is 18.8 Å². The van der Waals surface area contributed by atoms with E-state index in [1.807, 2.05) is 0 Å². The van der Waals surface area contributed by atoms with Gasteiger partial charge in [-0.05, 0) is 18.2 Å². The largest absolute Gasteiger partial charge is 0.357 e. The number of anilines is 1. The van der Waals surface area contributed by atoms with Gasteiger partial charge in [-0.2, -0.15) is 0 Å². The summed E-state index contributed by atoms with van der Waals surface area (Å²) in [7, 11) is 1.62. The lowest BCUT2D eigenvalue weighted by atomic mass is 10.1. The smallest absolute Gasteiger partial charge is 0.222 e. The van der Waals surface area contributed by atoms with Crippen molar-refractivity contribution in [1.82, 2.24) is 9.97 Å². The second-order valence-electron chi connectivity index (χ2n) is 3.27. The highest BCUT2D eigenvalue weighted by atomic mass is 19.2. The minimum absolute atomic E-state index is 0.153. The molecule has 0 radical (unpaired) electrons. The Hall–Kier alpha value is -2.11. The van der Waals surface area contributed by atoms with Crippen molar-refractivity contribution in [1.29, 1.82) is 0 Å². The Labute approximate surface area is 95.3 Å². The van der Waals surface area contributed by atoms with Crippen LogP contribution in [0.4, 0.5) is 19.1 Å². The average Bonchev–Trinajstić information content (AvgIpc) is 2.35. The third kappa shape index (κ3) is 2.20. The Morgan fingerprint density at radius 3 is 2.35 bits per heavy atom. The monoisotopic (exact) mass is 239 g/mol. The van der Waals surface area contributed by atoms with Crippen LogP contribution in [0.5, 0.6) is 0 Å². The van der Waals surface area contributed by atoms with E-state index in [0.717, 1.165) is 12.1 Å². The van der Waals surface area contributed by atoms with Crippen LogP contribution in [0.15, 0.2) is 24.4 Å². The minimum atomic E-state index is -1.49. The van der Waals surface area contributed by atoms with Crippen LogP contribution in [0.25, 0.3) is 11.3 Å². The van der Waals surface area contributed by atoms with Gasteiger partial charge in [0.05, 0.1) is 5.69 Å². The van der Waals surface area contributed by atoms with Gasteiger partial charge in [-0.25, -0.2) is 23.1 Å². The summed E-state index contributed by atoms with van der Waals surface area (Å²) in [6.07, 6.45) is 1.44. The molecule has 0 atom stereocenters. The van der Waals surface area contributed by atoms with Crippen LogP contribution < -0.4 is 5.32 Å². The van der Waals surface area contributed by atoms with Crippen molar-refractivity contribution in [2.75, 3.05) is 12.4 Å². The van der Waals surface area contributed by atoms with Gasteiger partial charge in [-0.3, -0.25) is 0 Å². The van der Waals surface area contributed by atoms with E-state index in [9.17, 15) is 13.2 Å². The van der Waals surface area contributed by atoms with E-state index in [-0.39, 0.29) is 5.56 Å². The SMILES string of the molecule is CNc1nccc(-c2cc(F)c(F)c(F)c2)n1. The van der Waals surface area contributed by atoms with Gasteiger partial charge >= 0.3 is 0 Å². The molecule has 0 unspecified atom stereocenters. The summed E-state index contributed by atoms with van der Waals surface area (Å²) in [4.78, 5) is 7.86. The lowest BCUT2D eigenvalue weighted by Crippen LogP contribution is -1.98. The molecule has 0 bridgehead atoms. The first-order valence-electron chi connectivity index (χ1n) is 4.77. The van der Waals surface area contributed by atoms with Crippen molar-refractivity contribution in [2.24, 2.45) is 0 Å². The molecule has 1 aromatic carbocycles. The van der Waals surface area contributed by atoms with Crippen molar-refractivity contribution >= 4 is 5.95 Å². The molecule has 0 aliphatic carbocycles. The summed E-state index contributed by atoms with van der Waals surface area (Å²) in [6, 6.07) is 3.26. The van der Waals surface area contributed by atoms with Gasteiger partial charge in [0.25, 0.3) is 0 Å². The second kappa shape index (κ2) is 4.40. The molecular formula is C11H8F3N3. The highest BCUT2D eigenvalue weighted by Crippen LogP contribution is 2.22. The van der Waals surface area contributed by atoms with E-state index in [0.29, 0.717) is 11.6 Å². The van der Waals surface area contributed by atoms with Crippen molar-refractivity contribution in [3.05, 3.63) is 41.8 Å². The molecule has 17 heavy (non-hydrogen) atoms. The maximum Gasteiger partial charge on any atom is 0.222 e. The van der Waals surface area contributed by atoms with E-state index in [1.165, 1.54) is 12.3 Å². The first-order valence-corrected chi connectivity index (χ1v) is 4.77. The van der Waals surface area contributed by atoms with E-state index in [4.69, 9.17) is 0 Å². The van der Waals surface area contributed by atoms with E-state index in [1.54, 1.807) is 7.05 Å². The molecule has 1 heterocycles. The maximum absolute atomic E-state index is 13.0. The molecule has 0 saturated carbocycles. The fraction of sp³-hybridized carbons (Fsp3) is 0.0909. The van der Waals surface area contributed by atoms with Crippen LogP contribution in [-0.4, -0.2) is 17.0 Å². The first kappa shape index (κ1) is 11.4. The Balaban J connectivity index is 2.52. The summed E-state index contributed by atoms with van der Waals surface area (Å²) in [6.45, 7) is 0.